The predicted octanol–water partition coefficient (Wildman–Crippen LogP) is 4.97. The lowest BCUT2D eigenvalue weighted by atomic mass is 9.82. The van der Waals surface area contributed by atoms with Crippen LogP contribution in [0.15, 0.2) is 54.6 Å². The van der Waals surface area contributed by atoms with E-state index in [9.17, 15) is 14.7 Å². The third kappa shape index (κ3) is 4.09. The number of hydrogen-bond acceptors (Lipinski definition) is 2. The summed E-state index contributed by atoms with van der Waals surface area (Å²) in [6.45, 7) is 0. The summed E-state index contributed by atoms with van der Waals surface area (Å²) < 4.78 is 0.823. The molecule has 136 valence electrons. The first-order valence-electron chi connectivity index (χ1n) is 8.95. The summed E-state index contributed by atoms with van der Waals surface area (Å²) in [6, 6.07) is 15.6. The first kappa shape index (κ1) is 18.9. The highest BCUT2D eigenvalue weighted by Crippen LogP contribution is 2.33. The van der Waals surface area contributed by atoms with E-state index < -0.39 is 12.0 Å². The van der Waals surface area contributed by atoms with E-state index >= 15 is 0 Å². The molecule has 0 saturated heterocycles. The average molecular weight is 463 g/mol. The third-order valence-electron chi connectivity index (χ3n) is 4.98. The SMILES string of the molecule is O=C(O)C(C1CCCCC1)N(C(=O)c1ccccc1I)c1ccccc1. The second kappa shape index (κ2) is 8.66. The number of benzene rings is 2. The quantitative estimate of drug-likeness (QED) is 0.637. The number of aliphatic carboxylic acids is 1. The zero-order valence-corrected chi connectivity index (χ0v) is 16.6. The van der Waals surface area contributed by atoms with Crippen LogP contribution in [0.1, 0.15) is 42.5 Å². The van der Waals surface area contributed by atoms with Gasteiger partial charge in [0.15, 0.2) is 0 Å². The van der Waals surface area contributed by atoms with Crippen LogP contribution in [0.2, 0.25) is 0 Å². The Labute approximate surface area is 167 Å². The molecule has 3 rings (SSSR count). The standard InChI is InChI=1S/C21H22INO3/c22-18-14-8-7-13-17(18)20(24)23(16-11-5-2-6-12-16)19(21(25)26)15-9-3-1-4-10-15/h2,5-8,11-15,19H,1,3-4,9-10H2,(H,25,26). The number of hydrogen-bond donors (Lipinski definition) is 1. The molecule has 0 aromatic heterocycles. The number of carbonyl (C=O) groups is 2. The Morgan fingerprint density at radius 2 is 1.58 bits per heavy atom. The average Bonchev–Trinajstić information content (AvgIpc) is 2.67. The number of nitrogens with zero attached hydrogens (tertiary/aromatic N) is 1. The highest BCUT2D eigenvalue weighted by molar-refractivity contribution is 14.1. The maximum Gasteiger partial charge on any atom is 0.327 e. The molecule has 0 radical (unpaired) electrons. The molecular weight excluding hydrogens is 441 g/mol. The summed E-state index contributed by atoms with van der Waals surface area (Å²) in [7, 11) is 0. The summed E-state index contributed by atoms with van der Waals surface area (Å²) in [5.41, 5.74) is 1.18. The molecule has 1 fully saturated rings. The Bertz CT molecular complexity index is 772. The monoisotopic (exact) mass is 463 g/mol. The van der Waals surface area contributed by atoms with Crippen LogP contribution < -0.4 is 4.90 Å². The van der Waals surface area contributed by atoms with Crippen molar-refractivity contribution in [2.24, 2.45) is 5.92 Å². The largest absolute Gasteiger partial charge is 0.480 e. The third-order valence-corrected chi connectivity index (χ3v) is 5.93. The highest BCUT2D eigenvalue weighted by atomic mass is 127. The van der Waals surface area contributed by atoms with E-state index in [0.717, 1.165) is 35.7 Å². The van der Waals surface area contributed by atoms with Gasteiger partial charge in [0.25, 0.3) is 5.91 Å². The number of rotatable bonds is 5. The summed E-state index contributed by atoms with van der Waals surface area (Å²) >= 11 is 2.13. The van der Waals surface area contributed by atoms with E-state index in [1.165, 1.54) is 4.90 Å². The van der Waals surface area contributed by atoms with E-state index in [1.54, 1.807) is 6.07 Å². The lowest BCUT2D eigenvalue weighted by molar-refractivity contribution is -0.140. The number of para-hydroxylation sites is 1. The van der Waals surface area contributed by atoms with Gasteiger partial charge in [-0.25, -0.2) is 4.79 Å². The van der Waals surface area contributed by atoms with Crippen molar-refractivity contribution < 1.29 is 14.7 Å². The Balaban J connectivity index is 2.06. The van der Waals surface area contributed by atoms with Crippen LogP contribution in [0.5, 0.6) is 0 Å². The molecule has 0 spiro atoms. The van der Waals surface area contributed by atoms with E-state index in [-0.39, 0.29) is 11.8 Å². The van der Waals surface area contributed by atoms with Crippen LogP contribution in [0.4, 0.5) is 5.69 Å². The van der Waals surface area contributed by atoms with Crippen LogP contribution in [0.3, 0.4) is 0 Å². The second-order valence-electron chi connectivity index (χ2n) is 6.67. The Kier molecular flexibility index (Phi) is 6.29. The zero-order chi connectivity index (χ0) is 18.5. The Hall–Kier alpha value is -1.89. The molecule has 1 aliphatic rings. The number of amides is 1. The number of carboxylic acid groups (broad SMARTS) is 1. The molecule has 2 aromatic rings. The highest BCUT2D eigenvalue weighted by Gasteiger charge is 2.38. The maximum atomic E-state index is 13.4. The van der Waals surface area contributed by atoms with Crippen LogP contribution in [0, 0.1) is 9.49 Å². The number of halogens is 1. The minimum absolute atomic E-state index is 0.0215. The van der Waals surface area contributed by atoms with E-state index in [2.05, 4.69) is 22.6 Å². The molecular formula is C21H22INO3. The van der Waals surface area contributed by atoms with Gasteiger partial charge in [0, 0.05) is 9.26 Å². The van der Waals surface area contributed by atoms with Crippen molar-refractivity contribution >= 4 is 40.2 Å². The van der Waals surface area contributed by atoms with Gasteiger partial charge in [-0.2, -0.15) is 0 Å². The van der Waals surface area contributed by atoms with Crippen molar-refractivity contribution in [1.82, 2.24) is 0 Å². The van der Waals surface area contributed by atoms with Gasteiger partial charge in [0.1, 0.15) is 6.04 Å². The molecule has 0 heterocycles. The molecule has 0 bridgehead atoms. The van der Waals surface area contributed by atoms with Crippen molar-refractivity contribution in [3.63, 3.8) is 0 Å². The minimum Gasteiger partial charge on any atom is -0.480 e. The summed E-state index contributed by atoms with van der Waals surface area (Å²) in [5, 5.41) is 10.0. The van der Waals surface area contributed by atoms with Crippen molar-refractivity contribution in [2.75, 3.05) is 4.90 Å². The topological polar surface area (TPSA) is 57.6 Å². The van der Waals surface area contributed by atoms with Crippen LogP contribution in [-0.4, -0.2) is 23.0 Å². The van der Waals surface area contributed by atoms with Crippen LogP contribution in [0.25, 0.3) is 0 Å². The van der Waals surface area contributed by atoms with Gasteiger partial charge in [0.2, 0.25) is 0 Å². The number of anilines is 1. The summed E-state index contributed by atoms with van der Waals surface area (Å²) in [6.07, 6.45) is 4.87. The van der Waals surface area contributed by atoms with Crippen molar-refractivity contribution in [3.05, 3.63) is 63.7 Å². The smallest absolute Gasteiger partial charge is 0.327 e. The Morgan fingerprint density at radius 3 is 2.19 bits per heavy atom. The molecule has 1 atom stereocenters. The summed E-state index contributed by atoms with van der Waals surface area (Å²) in [5.74, 6) is -1.20. The fourth-order valence-corrected chi connectivity index (χ4v) is 4.35. The Morgan fingerprint density at radius 1 is 0.962 bits per heavy atom. The summed E-state index contributed by atoms with van der Waals surface area (Å²) in [4.78, 5) is 27.1. The molecule has 2 aromatic carbocycles. The lowest BCUT2D eigenvalue weighted by Crippen LogP contribution is -2.50. The van der Waals surface area contributed by atoms with Gasteiger partial charge in [-0.15, -0.1) is 0 Å². The van der Waals surface area contributed by atoms with Gasteiger partial charge in [0.05, 0.1) is 5.56 Å². The predicted molar refractivity (Wildman–Crippen MR) is 110 cm³/mol. The maximum absolute atomic E-state index is 13.4. The molecule has 1 amide bonds. The van der Waals surface area contributed by atoms with E-state index in [0.29, 0.717) is 11.3 Å². The van der Waals surface area contributed by atoms with Crippen molar-refractivity contribution in [3.8, 4) is 0 Å². The van der Waals surface area contributed by atoms with Gasteiger partial charge >= 0.3 is 5.97 Å². The molecule has 5 heteroatoms. The zero-order valence-electron chi connectivity index (χ0n) is 14.5. The van der Waals surface area contributed by atoms with Gasteiger partial charge in [-0.05, 0) is 65.6 Å². The second-order valence-corrected chi connectivity index (χ2v) is 7.83. The molecule has 1 saturated carbocycles. The van der Waals surface area contributed by atoms with Crippen molar-refractivity contribution in [1.29, 1.82) is 0 Å². The molecule has 0 aliphatic heterocycles. The number of carbonyl (C=O) groups excluding carboxylic acids is 1. The van der Waals surface area contributed by atoms with Gasteiger partial charge in [-0.3, -0.25) is 9.69 Å². The molecule has 1 unspecified atom stereocenters. The van der Waals surface area contributed by atoms with Gasteiger partial charge < -0.3 is 5.11 Å². The van der Waals surface area contributed by atoms with Crippen LogP contribution >= 0.6 is 22.6 Å². The molecule has 4 nitrogen and oxygen atoms in total. The van der Waals surface area contributed by atoms with Gasteiger partial charge in [-0.1, -0.05) is 49.6 Å². The normalized spacial score (nSPS) is 16.0. The van der Waals surface area contributed by atoms with Crippen molar-refractivity contribution in [2.45, 2.75) is 38.1 Å². The lowest BCUT2D eigenvalue weighted by Gasteiger charge is -2.36. The first-order valence-corrected chi connectivity index (χ1v) is 10.0. The molecule has 26 heavy (non-hydrogen) atoms. The first-order chi connectivity index (χ1) is 12.6. The number of carboxylic acids is 1. The minimum atomic E-state index is -0.931. The van der Waals surface area contributed by atoms with E-state index in [1.807, 2.05) is 48.5 Å². The molecule has 1 N–H and O–H groups in total. The van der Waals surface area contributed by atoms with E-state index in [4.69, 9.17) is 0 Å². The fourth-order valence-electron chi connectivity index (χ4n) is 3.73. The fraction of sp³-hybridized carbons (Fsp3) is 0.333. The van der Waals surface area contributed by atoms with Crippen LogP contribution in [-0.2, 0) is 4.79 Å². The molecule has 1 aliphatic carbocycles.